The summed E-state index contributed by atoms with van der Waals surface area (Å²) in [6, 6.07) is 0. The number of alkyl halides is 3. The molecule has 2 amide bonds. The number of primary amides is 2. The van der Waals surface area contributed by atoms with Crippen LogP contribution < -0.4 is 11.5 Å². The van der Waals surface area contributed by atoms with Gasteiger partial charge in [0.2, 0.25) is 11.8 Å². The van der Waals surface area contributed by atoms with Crippen LogP contribution in [-0.4, -0.2) is 30.3 Å². The van der Waals surface area contributed by atoms with Gasteiger partial charge in [-0.1, -0.05) is 6.08 Å². The van der Waals surface area contributed by atoms with Crippen molar-refractivity contribution in [2.24, 2.45) is 22.8 Å². The summed E-state index contributed by atoms with van der Waals surface area (Å²) in [6.45, 7) is 0. The van der Waals surface area contributed by atoms with Crippen LogP contribution in [0.4, 0.5) is 13.2 Å². The molecule has 21 heavy (non-hydrogen) atoms. The number of rotatable bonds is 2. The lowest BCUT2D eigenvalue weighted by Gasteiger charge is -2.24. The van der Waals surface area contributed by atoms with Gasteiger partial charge in [0.1, 0.15) is 0 Å². The molecule has 0 aromatic rings. The minimum absolute atomic E-state index is 0.329. The van der Waals surface area contributed by atoms with Crippen LogP contribution in [0.5, 0.6) is 0 Å². The van der Waals surface area contributed by atoms with E-state index in [1.165, 1.54) is 0 Å². The van der Waals surface area contributed by atoms with E-state index in [-0.39, 0.29) is 0 Å². The van der Waals surface area contributed by atoms with E-state index in [1.54, 1.807) is 0 Å². The molecule has 0 saturated heterocycles. The molecule has 2 atom stereocenters. The van der Waals surface area contributed by atoms with Crippen molar-refractivity contribution < 1.29 is 35.7 Å². The summed E-state index contributed by atoms with van der Waals surface area (Å²) in [4.78, 5) is 22.3. The molecule has 120 valence electrons. The number of amides is 2. The molecule has 11 heteroatoms. The zero-order valence-corrected chi connectivity index (χ0v) is 11.4. The average Bonchev–Trinajstić information content (AvgIpc) is 2.85. The van der Waals surface area contributed by atoms with E-state index in [4.69, 9.17) is 24.4 Å². The third kappa shape index (κ3) is 3.35. The van der Waals surface area contributed by atoms with Crippen molar-refractivity contribution in [3.8, 4) is 0 Å². The SMILES string of the molecule is NC(=O)C1=CC2CCC1(C(N)=O)C2.O=S(=O)(O)C(F)(F)F. The number of nitrogens with two attached hydrogens (primary N) is 2. The summed E-state index contributed by atoms with van der Waals surface area (Å²) >= 11 is 0. The molecular weight excluding hydrogens is 317 g/mol. The topological polar surface area (TPSA) is 141 Å². The minimum Gasteiger partial charge on any atom is -0.369 e. The fourth-order valence-electron chi connectivity index (χ4n) is 2.54. The molecule has 2 bridgehead atoms. The second-order valence-electron chi connectivity index (χ2n) is 4.81. The Morgan fingerprint density at radius 2 is 1.81 bits per heavy atom. The van der Waals surface area contributed by atoms with Gasteiger partial charge >= 0.3 is 15.6 Å². The van der Waals surface area contributed by atoms with Crippen LogP contribution in [0.1, 0.15) is 19.3 Å². The third-order valence-electron chi connectivity index (χ3n) is 3.50. The quantitative estimate of drug-likeness (QED) is 0.485. The molecule has 1 fully saturated rings. The monoisotopic (exact) mass is 330 g/mol. The van der Waals surface area contributed by atoms with Gasteiger partial charge in [0.25, 0.3) is 0 Å². The molecule has 7 nitrogen and oxygen atoms in total. The number of allylic oxidation sites excluding steroid dienone is 1. The summed E-state index contributed by atoms with van der Waals surface area (Å²) in [7, 11) is -5.84. The molecule has 2 aliphatic carbocycles. The van der Waals surface area contributed by atoms with E-state index in [2.05, 4.69) is 0 Å². The van der Waals surface area contributed by atoms with Crippen LogP contribution in [0.3, 0.4) is 0 Å². The Morgan fingerprint density at radius 3 is 2.05 bits per heavy atom. The summed E-state index contributed by atoms with van der Waals surface area (Å²) < 4.78 is 57.5. The number of carbonyl (C=O) groups excluding carboxylic acids is 2. The maximum Gasteiger partial charge on any atom is 0.522 e. The Balaban J connectivity index is 0.000000240. The van der Waals surface area contributed by atoms with Crippen molar-refractivity contribution in [3.63, 3.8) is 0 Å². The van der Waals surface area contributed by atoms with Gasteiger partial charge in [0, 0.05) is 5.57 Å². The largest absolute Gasteiger partial charge is 0.522 e. The summed E-state index contributed by atoms with van der Waals surface area (Å²) in [5.74, 6) is -0.575. The number of hydrogen-bond acceptors (Lipinski definition) is 4. The number of hydrogen-bond donors (Lipinski definition) is 3. The first-order chi connectivity index (χ1) is 9.31. The van der Waals surface area contributed by atoms with Crippen molar-refractivity contribution in [2.75, 3.05) is 0 Å². The van der Waals surface area contributed by atoms with Crippen LogP contribution >= 0.6 is 0 Å². The normalized spacial score (nSPS) is 27.6. The van der Waals surface area contributed by atoms with Crippen LogP contribution in [0.2, 0.25) is 0 Å². The van der Waals surface area contributed by atoms with Crippen LogP contribution in [0.15, 0.2) is 11.6 Å². The number of fused-ring (bicyclic) bond motifs is 2. The molecule has 0 aromatic carbocycles. The van der Waals surface area contributed by atoms with Gasteiger partial charge < -0.3 is 11.5 Å². The Bertz CT molecular complexity index is 598. The highest BCUT2D eigenvalue weighted by Crippen LogP contribution is 2.53. The molecule has 1 saturated carbocycles. The molecule has 0 heterocycles. The Kier molecular flexibility index (Phi) is 4.40. The third-order valence-corrected chi connectivity index (χ3v) is 4.09. The molecule has 0 aromatic heterocycles. The van der Waals surface area contributed by atoms with Crippen molar-refractivity contribution in [3.05, 3.63) is 11.6 Å². The summed E-state index contributed by atoms with van der Waals surface area (Å²) in [6.07, 6.45) is 4.12. The van der Waals surface area contributed by atoms with Gasteiger partial charge in [0.15, 0.2) is 0 Å². The van der Waals surface area contributed by atoms with E-state index >= 15 is 0 Å². The standard InChI is InChI=1S/C9H12N2O2.CHF3O3S/c10-7(12)6-3-5-1-2-9(6,4-5)8(11)13;2-1(3,4)8(5,6)7/h3,5H,1-2,4H2,(H2,10,12)(H2,11,13);(H,5,6,7). The fraction of sp³-hybridized carbons (Fsp3) is 0.600. The van der Waals surface area contributed by atoms with Gasteiger partial charge in [-0.15, -0.1) is 0 Å². The van der Waals surface area contributed by atoms with Crippen LogP contribution in [-0.2, 0) is 19.7 Å². The second-order valence-corrected chi connectivity index (χ2v) is 6.23. The average molecular weight is 330 g/mol. The first-order valence-corrected chi connectivity index (χ1v) is 7.11. The maximum absolute atomic E-state index is 11.3. The highest BCUT2D eigenvalue weighted by Gasteiger charge is 2.52. The van der Waals surface area contributed by atoms with Gasteiger partial charge in [-0.25, -0.2) is 0 Å². The van der Waals surface area contributed by atoms with E-state index in [0.29, 0.717) is 24.3 Å². The lowest BCUT2D eigenvalue weighted by molar-refractivity contribution is -0.128. The first kappa shape index (κ1) is 17.4. The van der Waals surface area contributed by atoms with Crippen molar-refractivity contribution >= 4 is 21.9 Å². The minimum atomic E-state index is -5.84. The molecule has 2 aliphatic rings. The van der Waals surface area contributed by atoms with E-state index in [0.717, 1.165) is 6.42 Å². The fourth-order valence-corrected chi connectivity index (χ4v) is 2.54. The molecule has 2 unspecified atom stereocenters. The lowest BCUT2D eigenvalue weighted by atomic mass is 9.79. The smallest absolute Gasteiger partial charge is 0.369 e. The van der Waals surface area contributed by atoms with Crippen molar-refractivity contribution in [2.45, 2.75) is 24.8 Å². The molecule has 0 spiro atoms. The Morgan fingerprint density at radius 1 is 1.33 bits per heavy atom. The van der Waals surface area contributed by atoms with E-state index < -0.39 is 32.9 Å². The molecule has 5 N–H and O–H groups in total. The summed E-state index contributed by atoms with van der Waals surface area (Å²) in [5, 5.41) is 0. The van der Waals surface area contributed by atoms with Crippen molar-refractivity contribution in [1.82, 2.24) is 0 Å². The Hall–Kier alpha value is -1.62. The predicted molar refractivity (Wildman–Crippen MR) is 63.8 cm³/mol. The molecule has 0 radical (unpaired) electrons. The van der Waals surface area contributed by atoms with Crippen LogP contribution in [0.25, 0.3) is 0 Å². The molecule has 2 rings (SSSR count). The number of halogens is 3. The lowest BCUT2D eigenvalue weighted by Crippen LogP contribution is -2.39. The Labute approximate surface area is 117 Å². The van der Waals surface area contributed by atoms with Gasteiger partial charge in [-0.2, -0.15) is 21.6 Å². The highest BCUT2D eigenvalue weighted by atomic mass is 32.2. The summed E-state index contributed by atoms with van der Waals surface area (Å²) in [5.41, 5.74) is 4.68. The van der Waals surface area contributed by atoms with Gasteiger partial charge in [-0.05, 0) is 25.2 Å². The highest BCUT2D eigenvalue weighted by molar-refractivity contribution is 7.86. The van der Waals surface area contributed by atoms with Crippen LogP contribution in [0, 0.1) is 11.3 Å². The number of carbonyl (C=O) groups is 2. The van der Waals surface area contributed by atoms with E-state index in [9.17, 15) is 22.8 Å². The zero-order valence-electron chi connectivity index (χ0n) is 10.6. The zero-order chi connectivity index (χ0) is 16.6. The second kappa shape index (κ2) is 5.30. The van der Waals surface area contributed by atoms with E-state index in [1.807, 2.05) is 6.08 Å². The van der Waals surface area contributed by atoms with Gasteiger partial charge in [0.05, 0.1) is 5.41 Å². The predicted octanol–water partition coefficient (Wildman–Crippen LogP) is 0.0775. The first-order valence-electron chi connectivity index (χ1n) is 5.67. The molecular formula is C10H13F3N2O5S. The molecule has 0 aliphatic heterocycles. The maximum atomic E-state index is 11.3. The van der Waals surface area contributed by atoms with Gasteiger partial charge in [-0.3, -0.25) is 14.1 Å². The van der Waals surface area contributed by atoms with Crippen molar-refractivity contribution in [1.29, 1.82) is 0 Å².